The first-order valence-electron chi connectivity index (χ1n) is 30.6. The molecule has 0 rings (SSSR count). The van der Waals surface area contributed by atoms with Crippen molar-refractivity contribution in [3.8, 4) is 0 Å². The monoisotopic (exact) mass is 1070 g/mol. The topological polar surface area (TPSA) is 114 Å². The maximum Gasteiger partial charge on any atom is 0.306 e. The number of allylic oxidation sites excluding steroid dienone is 15. The Hall–Kier alpha value is -3.07. The molecule has 0 radical (unpaired) electrons. The van der Waals surface area contributed by atoms with Crippen molar-refractivity contribution >= 4 is 19.7 Å². The number of carbonyl (C=O) groups is 2. The van der Waals surface area contributed by atoms with Crippen LogP contribution in [0.3, 0.4) is 0 Å². The molecule has 9 nitrogen and oxygen atoms in total. The Morgan fingerprint density at radius 1 is 0.493 bits per heavy atom. The molecule has 432 valence electrons. The number of phosphoric ester groups is 1. The second kappa shape index (κ2) is 54.3. The molecule has 10 heteroatoms. The maximum absolute atomic E-state index is 13.5. The van der Waals surface area contributed by atoms with E-state index in [1.807, 2.05) is 33.3 Å². The number of quaternary nitrogens is 1. The van der Waals surface area contributed by atoms with Crippen molar-refractivity contribution in [1.82, 2.24) is 5.32 Å². The van der Waals surface area contributed by atoms with Crippen molar-refractivity contribution < 1.29 is 37.3 Å². The Morgan fingerprint density at radius 2 is 0.893 bits per heavy atom. The normalized spacial score (nSPS) is 14.4. The lowest BCUT2D eigenvalue weighted by atomic mass is 10.1. The molecule has 75 heavy (non-hydrogen) atoms. The fourth-order valence-corrected chi connectivity index (χ4v) is 9.03. The highest BCUT2D eigenvalue weighted by molar-refractivity contribution is 7.45. The lowest BCUT2D eigenvalue weighted by Gasteiger charge is -2.30. The van der Waals surface area contributed by atoms with Crippen LogP contribution in [0.4, 0.5) is 0 Å². The fourth-order valence-electron chi connectivity index (χ4n) is 8.30. The number of phosphoric acid groups is 1. The molecule has 1 amide bonds. The Bertz CT molecular complexity index is 1610. The average molecular weight is 1070 g/mol. The summed E-state index contributed by atoms with van der Waals surface area (Å²) in [5.74, 6) is -0.572. The summed E-state index contributed by atoms with van der Waals surface area (Å²) >= 11 is 0. The molecule has 0 aromatic heterocycles. The number of unbranched alkanes of at least 4 members (excludes halogenated alkanes) is 25. The van der Waals surface area contributed by atoms with Crippen LogP contribution in [0.1, 0.15) is 252 Å². The van der Waals surface area contributed by atoms with Gasteiger partial charge in [0.2, 0.25) is 5.91 Å². The standard InChI is InChI=1S/C65H115N2O7P/c1-7-10-13-16-19-22-25-27-29-30-31-32-33-34-35-36-38-39-42-45-48-51-54-57-64(68)66-62(61-73-75(70,71)72-60-59-67(4,5)6)63(56-53-50-47-44-41-24-21-18-15-12-9-3)74-65(69)58-55-52-49-46-43-40-37-28-26-23-20-17-14-11-8-2/h10,13,19-20,22-23,26-29,31-32,34-35,53,56,62-63H,7-9,11-12,14-18,21,24-25,30,33,36-52,54-55,57-61H2,1-6H3,(H-,66,68,70,71)/b13-10-,22-19-,23-20+,28-26+,29-27-,32-31-,35-34-,56-53-. The lowest BCUT2D eigenvalue weighted by molar-refractivity contribution is -0.870. The lowest BCUT2D eigenvalue weighted by Crippen LogP contribution is -2.47. The third-order valence-electron chi connectivity index (χ3n) is 13.0. The highest BCUT2D eigenvalue weighted by atomic mass is 31.2. The van der Waals surface area contributed by atoms with Crippen LogP contribution in [0.2, 0.25) is 0 Å². The van der Waals surface area contributed by atoms with Crippen LogP contribution in [0, 0.1) is 0 Å². The number of ether oxygens (including phenoxy) is 1. The van der Waals surface area contributed by atoms with E-state index in [0.29, 0.717) is 23.9 Å². The number of hydrogen-bond acceptors (Lipinski definition) is 7. The molecular formula is C65H115N2O7P. The van der Waals surface area contributed by atoms with Crippen molar-refractivity contribution in [2.45, 2.75) is 264 Å². The van der Waals surface area contributed by atoms with E-state index in [-0.39, 0.29) is 24.9 Å². The van der Waals surface area contributed by atoms with Crippen LogP contribution in [-0.2, 0) is 27.9 Å². The fraction of sp³-hybridized carbons (Fsp3) is 0.723. The van der Waals surface area contributed by atoms with E-state index in [4.69, 9.17) is 13.8 Å². The quantitative estimate of drug-likeness (QED) is 0.0161. The maximum atomic E-state index is 13.5. The summed E-state index contributed by atoms with van der Waals surface area (Å²) in [7, 11) is 1.16. The van der Waals surface area contributed by atoms with Crippen LogP contribution < -0.4 is 10.2 Å². The summed E-state index contributed by atoms with van der Waals surface area (Å²) in [6.07, 6.45) is 72.3. The predicted octanol–water partition coefficient (Wildman–Crippen LogP) is 18.1. The van der Waals surface area contributed by atoms with Gasteiger partial charge in [-0.05, 0) is 102 Å². The van der Waals surface area contributed by atoms with Gasteiger partial charge in [-0.2, -0.15) is 0 Å². The number of carbonyl (C=O) groups excluding carboxylic acids is 2. The van der Waals surface area contributed by atoms with Crippen LogP contribution in [0.15, 0.2) is 97.2 Å². The van der Waals surface area contributed by atoms with Crippen molar-refractivity contribution in [2.24, 2.45) is 0 Å². The molecule has 0 fully saturated rings. The second-order valence-corrected chi connectivity index (χ2v) is 22.9. The molecule has 3 atom stereocenters. The molecule has 0 bridgehead atoms. The molecule has 0 aromatic rings. The molecule has 0 aromatic carbocycles. The van der Waals surface area contributed by atoms with E-state index in [0.717, 1.165) is 128 Å². The van der Waals surface area contributed by atoms with Gasteiger partial charge in [0.15, 0.2) is 0 Å². The molecule has 0 aliphatic heterocycles. The number of esters is 1. The third-order valence-corrected chi connectivity index (χ3v) is 14.0. The number of amides is 1. The van der Waals surface area contributed by atoms with Gasteiger partial charge in [0, 0.05) is 12.8 Å². The largest absolute Gasteiger partial charge is 0.756 e. The van der Waals surface area contributed by atoms with E-state index < -0.39 is 26.6 Å². The summed E-state index contributed by atoms with van der Waals surface area (Å²) in [6.45, 7) is 6.67. The highest BCUT2D eigenvalue weighted by Gasteiger charge is 2.27. The van der Waals surface area contributed by atoms with Crippen LogP contribution in [0.25, 0.3) is 0 Å². The van der Waals surface area contributed by atoms with E-state index in [1.54, 1.807) is 0 Å². The van der Waals surface area contributed by atoms with Crippen LogP contribution in [0.5, 0.6) is 0 Å². The van der Waals surface area contributed by atoms with Crippen molar-refractivity contribution in [1.29, 1.82) is 0 Å². The predicted molar refractivity (Wildman–Crippen MR) is 321 cm³/mol. The Balaban J connectivity index is 5.24. The molecule has 0 saturated heterocycles. The van der Waals surface area contributed by atoms with Crippen molar-refractivity contribution in [3.63, 3.8) is 0 Å². The zero-order valence-electron chi connectivity index (χ0n) is 49.2. The van der Waals surface area contributed by atoms with Gasteiger partial charge in [0.05, 0.1) is 33.8 Å². The number of nitrogens with zero attached hydrogens (tertiary/aromatic N) is 1. The van der Waals surface area contributed by atoms with Gasteiger partial charge in [-0.25, -0.2) is 0 Å². The molecule has 0 spiro atoms. The minimum absolute atomic E-state index is 0.0312. The first-order valence-corrected chi connectivity index (χ1v) is 32.0. The van der Waals surface area contributed by atoms with Gasteiger partial charge >= 0.3 is 5.97 Å². The minimum atomic E-state index is -4.71. The van der Waals surface area contributed by atoms with Crippen molar-refractivity contribution in [2.75, 3.05) is 40.9 Å². The average Bonchev–Trinajstić information content (AvgIpc) is 3.37. The third kappa shape index (κ3) is 55.5. The van der Waals surface area contributed by atoms with Gasteiger partial charge < -0.3 is 28.5 Å². The zero-order chi connectivity index (χ0) is 55.0. The Morgan fingerprint density at radius 3 is 1.39 bits per heavy atom. The first kappa shape index (κ1) is 71.9. The van der Waals surface area contributed by atoms with Crippen LogP contribution in [-0.4, -0.2) is 69.4 Å². The summed E-state index contributed by atoms with van der Waals surface area (Å²) in [6, 6.07) is -0.904. The van der Waals surface area contributed by atoms with Gasteiger partial charge in [0.1, 0.15) is 19.3 Å². The minimum Gasteiger partial charge on any atom is -0.756 e. The number of hydrogen-bond donors (Lipinski definition) is 1. The smallest absolute Gasteiger partial charge is 0.306 e. The van der Waals surface area contributed by atoms with Gasteiger partial charge in [-0.1, -0.05) is 234 Å². The number of rotatable bonds is 54. The first-order chi connectivity index (χ1) is 36.4. The SMILES string of the molecule is CC/C=C\C/C=C\C/C=C\C/C=C\C/C=C\CCCCCCCCCC(=O)NC(COP(=O)([O-])OCC[N+](C)(C)C)C(/C=C\CCCCCCCCCCC)OC(=O)CCCCCCCC/C=C/C=C/CCCCC. The zero-order valence-corrected chi connectivity index (χ0v) is 50.1. The van der Waals surface area contributed by atoms with E-state index in [9.17, 15) is 19.0 Å². The Labute approximate surface area is 462 Å². The molecule has 0 saturated carbocycles. The van der Waals surface area contributed by atoms with Gasteiger partial charge in [-0.3, -0.25) is 14.2 Å². The van der Waals surface area contributed by atoms with E-state index >= 15 is 0 Å². The number of nitrogens with one attached hydrogen (secondary N) is 1. The van der Waals surface area contributed by atoms with Gasteiger partial charge in [-0.15, -0.1) is 0 Å². The Kier molecular flexibility index (Phi) is 52.1. The molecule has 3 unspecified atom stereocenters. The molecule has 0 aliphatic rings. The van der Waals surface area contributed by atoms with Gasteiger partial charge in [0.25, 0.3) is 7.82 Å². The summed E-state index contributed by atoms with van der Waals surface area (Å²) < 4.78 is 30.3. The van der Waals surface area contributed by atoms with Crippen LogP contribution >= 0.6 is 7.82 Å². The molecule has 1 N–H and O–H groups in total. The summed E-state index contributed by atoms with van der Waals surface area (Å²) in [4.78, 5) is 39.9. The second-order valence-electron chi connectivity index (χ2n) is 21.5. The van der Waals surface area contributed by atoms with E-state index in [1.165, 1.54) is 83.5 Å². The highest BCUT2D eigenvalue weighted by Crippen LogP contribution is 2.38. The summed E-state index contributed by atoms with van der Waals surface area (Å²) in [5, 5.41) is 3.02. The van der Waals surface area contributed by atoms with Crippen molar-refractivity contribution in [3.05, 3.63) is 97.2 Å². The van der Waals surface area contributed by atoms with E-state index in [2.05, 4.69) is 111 Å². The summed E-state index contributed by atoms with van der Waals surface area (Å²) in [5.41, 5.74) is 0. The molecular weight excluding hydrogens is 952 g/mol. The molecule has 0 aliphatic carbocycles. The molecule has 0 heterocycles. The number of likely N-dealkylation sites (N-methyl/N-ethyl adjacent to an activating group) is 1.